The fourth-order valence-electron chi connectivity index (χ4n) is 3.38. The Kier molecular flexibility index (Phi) is 10.0. The highest BCUT2D eigenvalue weighted by Crippen LogP contribution is 2.34. The molecule has 0 bridgehead atoms. The lowest BCUT2D eigenvalue weighted by atomic mass is 10.0. The minimum atomic E-state index is -0.433. The van der Waals surface area contributed by atoms with Gasteiger partial charge in [-0.1, -0.05) is 67.2 Å². The van der Waals surface area contributed by atoms with Crippen LogP contribution in [-0.2, 0) is 0 Å². The van der Waals surface area contributed by atoms with Crippen molar-refractivity contribution in [2.24, 2.45) is 0 Å². The van der Waals surface area contributed by atoms with E-state index in [2.05, 4.69) is 28.6 Å². The van der Waals surface area contributed by atoms with E-state index in [1.807, 2.05) is 30.3 Å². The van der Waals surface area contributed by atoms with Gasteiger partial charge in [0.1, 0.15) is 17.5 Å². The van der Waals surface area contributed by atoms with Crippen LogP contribution in [0.5, 0.6) is 5.75 Å². The van der Waals surface area contributed by atoms with Crippen molar-refractivity contribution < 1.29 is 9.90 Å². The Hall–Kier alpha value is -5.59. The van der Waals surface area contributed by atoms with Gasteiger partial charge < -0.3 is 21.9 Å². The molecule has 0 unspecified atom stereocenters. The SMILES string of the molecule is C=CC=C.N#Cc1cnn(-c2ccccn2)c1N.Nc1c(O)c(C(=O)Nc2ccc(Cl)cc2)cc2ccccc12. The molecule has 5 rings (SSSR count). The van der Waals surface area contributed by atoms with Gasteiger partial charge in [-0.3, -0.25) is 4.79 Å². The maximum absolute atomic E-state index is 12.4. The summed E-state index contributed by atoms with van der Waals surface area (Å²) in [6.45, 7) is 6.72. The summed E-state index contributed by atoms with van der Waals surface area (Å²) in [6, 6.07) is 23.0. The highest BCUT2D eigenvalue weighted by atomic mass is 35.5. The van der Waals surface area contributed by atoms with Crippen LogP contribution in [0.25, 0.3) is 16.6 Å². The second-order valence-electron chi connectivity index (χ2n) is 7.99. The van der Waals surface area contributed by atoms with Crippen LogP contribution in [0.4, 0.5) is 17.2 Å². The molecule has 0 atom stereocenters. The third kappa shape index (κ3) is 7.04. The molecule has 0 aliphatic heterocycles. The highest BCUT2D eigenvalue weighted by molar-refractivity contribution is 6.30. The lowest BCUT2D eigenvalue weighted by molar-refractivity contribution is 0.102. The monoisotopic (exact) mass is 551 g/mol. The van der Waals surface area contributed by atoms with Crippen LogP contribution in [0.3, 0.4) is 0 Å². The third-order valence-corrected chi connectivity index (χ3v) is 5.62. The first-order valence-corrected chi connectivity index (χ1v) is 12.1. The summed E-state index contributed by atoms with van der Waals surface area (Å²) >= 11 is 5.81. The van der Waals surface area contributed by atoms with E-state index in [0.29, 0.717) is 33.3 Å². The molecule has 0 saturated heterocycles. The van der Waals surface area contributed by atoms with Gasteiger partial charge in [-0.15, -0.1) is 0 Å². The summed E-state index contributed by atoms with van der Waals surface area (Å²) in [5, 5.41) is 27.6. The van der Waals surface area contributed by atoms with Gasteiger partial charge >= 0.3 is 0 Å². The fourth-order valence-corrected chi connectivity index (χ4v) is 3.50. The van der Waals surface area contributed by atoms with Crippen molar-refractivity contribution in [3.05, 3.63) is 127 Å². The average Bonchev–Trinajstić information content (AvgIpc) is 3.37. The number of rotatable bonds is 4. The van der Waals surface area contributed by atoms with Gasteiger partial charge in [0.2, 0.25) is 0 Å². The molecule has 2 aromatic heterocycles. The Labute approximate surface area is 236 Å². The summed E-state index contributed by atoms with van der Waals surface area (Å²) in [7, 11) is 0. The number of anilines is 3. The molecule has 40 heavy (non-hydrogen) atoms. The van der Waals surface area contributed by atoms with E-state index in [1.54, 1.807) is 66.9 Å². The van der Waals surface area contributed by atoms with Gasteiger partial charge in [0.05, 0.1) is 17.4 Å². The van der Waals surface area contributed by atoms with Crippen molar-refractivity contribution in [1.29, 1.82) is 5.26 Å². The number of hydrogen-bond acceptors (Lipinski definition) is 7. The number of amides is 1. The van der Waals surface area contributed by atoms with E-state index in [9.17, 15) is 9.90 Å². The molecule has 0 aliphatic carbocycles. The van der Waals surface area contributed by atoms with E-state index in [1.165, 1.54) is 10.9 Å². The summed E-state index contributed by atoms with van der Waals surface area (Å²) in [5.74, 6) is 0.264. The number of halogens is 1. The molecule has 0 spiro atoms. The molecule has 0 fully saturated rings. The molecular formula is C30H26ClN7O2. The number of aromatic nitrogens is 3. The van der Waals surface area contributed by atoms with Gasteiger partial charge in [0.15, 0.2) is 11.6 Å². The van der Waals surface area contributed by atoms with Crippen molar-refractivity contribution in [2.45, 2.75) is 0 Å². The van der Waals surface area contributed by atoms with Crippen LogP contribution in [0.1, 0.15) is 15.9 Å². The zero-order chi connectivity index (χ0) is 29.1. The zero-order valence-corrected chi connectivity index (χ0v) is 22.1. The van der Waals surface area contributed by atoms with Crippen molar-refractivity contribution in [2.75, 3.05) is 16.8 Å². The molecule has 1 amide bonds. The number of hydrogen-bond donors (Lipinski definition) is 4. The molecule has 3 aromatic carbocycles. The van der Waals surface area contributed by atoms with Crippen LogP contribution in [0.15, 0.2) is 111 Å². The van der Waals surface area contributed by atoms with Gasteiger partial charge in [-0.25, -0.2) is 4.98 Å². The minimum Gasteiger partial charge on any atom is -0.505 e. The number of benzene rings is 3. The van der Waals surface area contributed by atoms with Gasteiger partial charge in [-0.05, 0) is 47.9 Å². The molecule has 0 saturated carbocycles. The number of fused-ring (bicyclic) bond motifs is 1. The van der Waals surface area contributed by atoms with Crippen molar-refractivity contribution in [3.8, 4) is 17.6 Å². The van der Waals surface area contributed by atoms with Crippen molar-refractivity contribution in [1.82, 2.24) is 14.8 Å². The largest absolute Gasteiger partial charge is 0.505 e. The van der Waals surface area contributed by atoms with Crippen LogP contribution < -0.4 is 16.8 Å². The van der Waals surface area contributed by atoms with E-state index < -0.39 is 5.91 Å². The zero-order valence-electron chi connectivity index (χ0n) is 21.3. The lowest BCUT2D eigenvalue weighted by Gasteiger charge is -2.11. The second kappa shape index (κ2) is 13.8. The Morgan fingerprint density at radius 2 is 1.73 bits per heavy atom. The van der Waals surface area contributed by atoms with Crippen LogP contribution in [-0.4, -0.2) is 25.8 Å². The molecule has 6 N–H and O–H groups in total. The number of phenolic OH excluding ortho intramolecular Hbond substituents is 1. The summed E-state index contributed by atoms with van der Waals surface area (Å²) in [5.41, 5.74) is 12.9. The van der Waals surface area contributed by atoms with Gasteiger partial charge in [0.25, 0.3) is 5.91 Å². The number of carbonyl (C=O) groups is 1. The number of nitrogens with two attached hydrogens (primary N) is 2. The van der Waals surface area contributed by atoms with Gasteiger partial charge in [-0.2, -0.15) is 15.0 Å². The molecule has 0 aliphatic rings. The van der Waals surface area contributed by atoms with Crippen molar-refractivity contribution >= 4 is 45.5 Å². The normalized spacial score (nSPS) is 9.70. The molecule has 0 radical (unpaired) electrons. The highest BCUT2D eigenvalue weighted by Gasteiger charge is 2.16. The molecule has 2 heterocycles. The van der Waals surface area contributed by atoms with Crippen LogP contribution >= 0.6 is 11.6 Å². The molecular weight excluding hydrogens is 526 g/mol. The predicted octanol–water partition coefficient (Wildman–Crippen LogP) is 6.11. The first kappa shape index (κ1) is 29.0. The molecule has 10 heteroatoms. The maximum Gasteiger partial charge on any atom is 0.259 e. The smallest absolute Gasteiger partial charge is 0.259 e. The standard InChI is InChI=1S/C17H13ClN2O2.C9H7N5.C4H6/c18-11-5-7-12(8-6-11)20-17(22)14-9-10-3-1-2-4-13(10)15(19)16(14)21;10-5-7-6-13-14(9(7)11)8-3-1-2-4-12-8;1-3-4-2/h1-9,21H,19H2,(H,20,22);1-4,6H,11H2;3-4H,1-2H2. The maximum atomic E-state index is 12.4. The Bertz CT molecular complexity index is 1670. The fraction of sp³-hybridized carbons (Fsp3) is 0. The van der Waals surface area contributed by atoms with Crippen molar-refractivity contribution in [3.63, 3.8) is 0 Å². The summed E-state index contributed by atoms with van der Waals surface area (Å²) in [4.78, 5) is 16.4. The Morgan fingerprint density at radius 3 is 2.33 bits per heavy atom. The third-order valence-electron chi connectivity index (χ3n) is 5.37. The van der Waals surface area contributed by atoms with E-state index >= 15 is 0 Å². The molecule has 200 valence electrons. The Morgan fingerprint density at radius 1 is 1.05 bits per heavy atom. The second-order valence-corrected chi connectivity index (χ2v) is 8.43. The predicted molar refractivity (Wildman–Crippen MR) is 160 cm³/mol. The Balaban J connectivity index is 0.000000209. The topological polar surface area (TPSA) is 156 Å². The number of nitrogens with zero attached hydrogens (tertiary/aromatic N) is 4. The number of allylic oxidation sites excluding steroid dienone is 2. The number of nitriles is 1. The van der Waals surface area contributed by atoms with E-state index in [4.69, 9.17) is 28.3 Å². The quantitative estimate of drug-likeness (QED) is 0.119. The number of aromatic hydroxyl groups is 1. The van der Waals surface area contributed by atoms with Gasteiger partial charge in [0, 0.05) is 22.3 Å². The number of nitrogen functional groups attached to an aromatic ring is 2. The van der Waals surface area contributed by atoms with E-state index in [-0.39, 0.29) is 17.0 Å². The lowest BCUT2D eigenvalue weighted by Crippen LogP contribution is -2.12. The summed E-state index contributed by atoms with van der Waals surface area (Å²) in [6.07, 6.45) is 6.34. The first-order chi connectivity index (χ1) is 19.3. The molecule has 9 nitrogen and oxygen atoms in total. The number of carbonyl (C=O) groups excluding carboxylic acids is 1. The first-order valence-electron chi connectivity index (χ1n) is 11.8. The molecule has 5 aromatic rings. The number of pyridine rings is 1. The van der Waals surface area contributed by atoms with Crippen LogP contribution in [0, 0.1) is 11.3 Å². The summed E-state index contributed by atoms with van der Waals surface area (Å²) < 4.78 is 1.43. The number of nitrogens with one attached hydrogen (secondary N) is 1. The number of phenols is 1. The minimum absolute atomic E-state index is 0.131. The average molecular weight is 552 g/mol. The van der Waals surface area contributed by atoms with Crippen LogP contribution in [0.2, 0.25) is 5.02 Å². The van der Waals surface area contributed by atoms with E-state index in [0.717, 1.165) is 5.39 Å².